The summed E-state index contributed by atoms with van der Waals surface area (Å²) in [7, 11) is -3.55. The maximum Gasteiger partial charge on any atom is 0.269 e. The van der Waals surface area contributed by atoms with Crippen LogP contribution >= 0.6 is 0 Å². The highest BCUT2D eigenvalue weighted by Crippen LogP contribution is 2.60. The average molecular weight is 745 g/mol. The number of halogens is 1. The van der Waals surface area contributed by atoms with Crippen LogP contribution in [0.15, 0.2) is 48.7 Å². The molecule has 3 aliphatic rings. The molecule has 3 aliphatic heterocycles. The summed E-state index contributed by atoms with van der Waals surface area (Å²) in [4.78, 5) is 40.5. The highest BCUT2D eigenvalue weighted by Gasteiger charge is 2.67. The Morgan fingerprint density at radius 3 is 2.58 bits per heavy atom. The number of aliphatic hydroxyl groups is 5. The van der Waals surface area contributed by atoms with E-state index in [9.17, 15) is 45.2 Å². The van der Waals surface area contributed by atoms with Crippen molar-refractivity contribution in [2.75, 3.05) is 16.8 Å². The lowest BCUT2D eigenvalue weighted by Gasteiger charge is -2.37. The molecule has 0 bridgehead atoms. The molecule has 2 fully saturated rings. The Labute approximate surface area is 297 Å². The number of non-ortho nitro benzene ring substituents is 1. The average Bonchev–Trinajstić information content (AvgIpc) is 3.74. The van der Waals surface area contributed by atoms with Crippen LogP contribution in [0.4, 0.5) is 21.2 Å². The highest BCUT2D eigenvalue weighted by molar-refractivity contribution is 6.72. The maximum absolute atomic E-state index is 16.2. The first-order chi connectivity index (χ1) is 24.6. The molecule has 2 amide bonds. The summed E-state index contributed by atoms with van der Waals surface area (Å²) in [5.74, 6) is -2.16. The van der Waals surface area contributed by atoms with Gasteiger partial charge in [-0.25, -0.2) is 0 Å². The van der Waals surface area contributed by atoms with Crippen LogP contribution in [-0.4, -0.2) is 109 Å². The zero-order valence-electron chi connectivity index (χ0n) is 28.6. The van der Waals surface area contributed by atoms with E-state index in [1.165, 1.54) is 29.2 Å². The molecule has 1 spiro atoms. The number of nitrogens with one attached hydrogen (secondary N) is 1. The molecule has 0 aliphatic carbocycles. The van der Waals surface area contributed by atoms with E-state index in [4.69, 9.17) is 9.47 Å². The number of benzene rings is 2. The summed E-state index contributed by atoms with van der Waals surface area (Å²) >= 11 is 0. The number of nitro groups is 1. The van der Waals surface area contributed by atoms with E-state index in [2.05, 4.69) is 15.6 Å². The van der Waals surface area contributed by atoms with Crippen molar-refractivity contribution in [1.82, 2.24) is 15.0 Å². The number of hydrogen-bond acceptors (Lipinski definition) is 13. The van der Waals surface area contributed by atoms with Crippen molar-refractivity contribution in [3.8, 4) is 0 Å². The minimum absolute atomic E-state index is 0.0737. The molecule has 1 aromatic heterocycles. The Bertz CT molecular complexity index is 1840. The molecule has 6 rings (SSSR count). The first kappa shape index (κ1) is 37.5. The van der Waals surface area contributed by atoms with Gasteiger partial charge in [-0.2, -0.15) is 0 Å². The third kappa shape index (κ3) is 6.73. The van der Waals surface area contributed by atoms with Gasteiger partial charge in [0.15, 0.2) is 18.0 Å². The van der Waals surface area contributed by atoms with E-state index in [0.717, 1.165) is 0 Å². The van der Waals surface area contributed by atoms with Crippen LogP contribution in [0.25, 0.3) is 0 Å². The van der Waals surface area contributed by atoms with Crippen molar-refractivity contribution in [3.63, 3.8) is 0 Å². The summed E-state index contributed by atoms with van der Waals surface area (Å²) in [6.07, 6.45) is -7.61. The SMILES string of the molecule is C[C@@H]1[C@@H]([Si](C)(C)F)[C@H](CCn2cc(CCO)nn2)O[C@@]12C(=O)N(Cc1cccc(NC(=O)[C@H]3O[C@@H](O)[C@H](O)[C@@H](O)[C@@H]3O)c1)c1ccc([N+](=O)[O-])cc12. The quantitative estimate of drug-likeness (QED) is 0.0692. The smallest absolute Gasteiger partial charge is 0.269 e. The predicted molar refractivity (Wildman–Crippen MR) is 182 cm³/mol. The maximum atomic E-state index is 16.2. The van der Waals surface area contributed by atoms with Crippen LogP contribution in [0.2, 0.25) is 18.6 Å². The number of fused-ring (bicyclic) bond motifs is 2. The van der Waals surface area contributed by atoms with Gasteiger partial charge in [0, 0.05) is 60.6 Å². The first-order valence-corrected chi connectivity index (χ1v) is 19.8. The highest BCUT2D eigenvalue weighted by atomic mass is 28.4. The minimum atomic E-state index is -3.55. The van der Waals surface area contributed by atoms with Crippen LogP contribution < -0.4 is 10.2 Å². The van der Waals surface area contributed by atoms with Gasteiger partial charge in [-0.05, 0) is 43.3 Å². The van der Waals surface area contributed by atoms with Crippen molar-refractivity contribution in [3.05, 3.63) is 75.6 Å². The molecule has 9 atom stereocenters. The fourth-order valence-corrected chi connectivity index (χ4v) is 10.3. The fraction of sp³-hybridized carbons (Fsp3) is 0.515. The zero-order valence-corrected chi connectivity index (χ0v) is 29.6. The molecule has 4 heterocycles. The number of nitrogens with zero attached hydrogens (tertiary/aromatic N) is 5. The number of hydrogen-bond donors (Lipinski definition) is 6. The molecule has 0 unspecified atom stereocenters. The summed E-state index contributed by atoms with van der Waals surface area (Å²) in [6, 6.07) is 10.4. The number of aliphatic hydroxyl groups excluding tert-OH is 5. The summed E-state index contributed by atoms with van der Waals surface area (Å²) in [6.45, 7) is 4.94. The summed E-state index contributed by atoms with van der Waals surface area (Å²) in [5, 5.41) is 71.7. The van der Waals surface area contributed by atoms with Gasteiger partial charge >= 0.3 is 0 Å². The topological polar surface area (TPSA) is 243 Å². The second-order valence-electron chi connectivity index (χ2n) is 14.0. The number of anilines is 2. The van der Waals surface area contributed by atoms with Crippen molar-refractivity contribution < 1.29 is 53.6 Å². The van der Waals surface area contributed by atoms with E-state index in [1.807, 2.05) is 0 Å². The largest absolute Gasteiger partial charge is 0.396 e. The van der Waals surface area contributed by atoms with Crippen LogP contribution in [0, 0.1) is 16.0 Å². The van der Waals surface area contributed by atoms with E-state index in [-0.39, 0.29) is 43.1 Å². The zero-order chi connectivity index (χ0) is 37.7. The molecule has 0 saturated carbocycles. The summed E-state index contributed by atoms with van der Waals surface area (Å²) < 4.78 is 29.5. The minimum Gasteiger partial charge on any atom is -0.396 e. The van der Waals surface area contributed by atoms with E-state index in [1.54, 1.807) is 49.1 Å². The number of rotatable bonds is 11. The lowest BCUT2D eigenvalue weighted by atomic mass is 9.82. The molecule has 280 valence electrons. The number of aryl methyl sites for hydroxylation is 1. The second kappa shape index (κ2) is 14.3. The van der Waals surface area contributed by atoms with Gasteiger partial charge in [0.1, 0.15) is 18.3 Å². The van der Waals surface area contributed by atoms with E-state index in [0.29, 0.717) is 23.4 Å². The van der Waals surface area contributed by atoms with Crippen molar-refractivity contribution in [2.24, 2.45) is 5.92 Å². The molecule has 2 aromatic carbocycles. The standard InChI is InChI=1S/C33H41FN6O11Si/c1-17-29(52(2,3)34)24(9-11-38-16-20(10-12-41)36-37-38)51-33(17)22-14-21(40(48)49)7-8-23(22)39(32(33)47)15-18-5-4-6-19(13-18)35-30(45)28-26(43)25(42)27(44)31(46)50-28/h4-8,13-14,16-17,24-29,31,41-44,46H,9-12,15H2,1-3H3,(H,35,45)/t17-,24+,25+,26+,27-,28+,29-,31-,33+/m1/s1. The molecule has 3 aromatic rings. The summed E-state index contributed by atoms with van der Waals surface area (Å²) in [5.41, 5.74) is -0.786. The van der Waals surface area contributed by atoms with Crippen molar-refractivity contribution in [2.45, 2.75) is 93.9 Å². The van der Waals surface area contributed by atoms with Gasteiger partial charge in [0.2, 0.25) is 8.41 Å². The number of carbonyl (C=O) groups is 2. The van der Waals surface area contributed by atoms with Gasteiger partial charge in [-0.15, -0.1) is 5.10 Å². The normalized spacial score (nSPS) is 30.2. The monoisotopic (exact) mass is 744 g/mol. The molecule has 2 saturated heterocycles. The van der Waals surface area contributed by atoms with Gasteiger partial charge in [0.05, 0.1) is 29.0 Å². The molecule has 0 radical (unpaired) electrons. The molecule has 19 heteroatoms. The Morgan fingerprint density at radius 1 is 1.13 bits per heavy atom. The molecule has 17 nitrogen and oxygen atoms in total. The second-order valence-corrected chi connectivity index (χ2v) is 17.8. The number of aromatic nitrogens is 3. The Morgan fingerprint density at radius 2 is 1.88 bits per heavy atom. The molecule has 6 N–H and O–H groups in total. The molecule has 52 heavy (non-hydrogen) atoms. The third-order valence-corrected chi connectivity index (χ3v) is 12.6. The third-order valence-electron chi connectivity index (χ3n) is 10.1. The van der Waals surface area contributed by atoms with Gasteiger partial charge in [-0.3, -0.25) is 24.4 Å². The van der Waals surface area contributed by atoms with Crippen molar-refractivity contribution >= 4 is 37.3 Å². The number of ether oxygens (including phenoxy) is 2. The van der Waals surface area contributed by atoms with E-state index < -0.39 is 79.0 Å². The fourth-order valence-electron chi connectivity index (χ4n) is 7.73. The van der Waals surface area contributed by atoms with Crippen LogP contribution in [0.1, 0.15) is 30.2 Å². The van der Waals surface area contributed by atoms with Gasteiger partial charge in [-0.1, -0.05) is 24.3 Å². The van der Waals surface area contributed by atoms with Gasteiger partial charge in [0.25, 0.3) is 17.5 Å². The predicted octanol–water partition coefficient (Wildman–Crippen LogP) is 0.872. The Hall–Kier alpha value is -4.21. The molecular weight excluding hydrogens is 703 g/mol. The Balaban J connectivity index is 1.29. The van der Waals surface area contributed by atoms with Crippen LogP contribution in [0.3, 0.4) is 0 Å². The van der Waals surface area contributed by atoms with E-state index >= 15 is 4.11 Å². The van der Waals surface area contributed by atoms with Crippen LogP contribution in [-0.2, 0) is 44.2 Å². The van der Waals surface area contributed by atoms with Gasteiger partial charge < -0.3 is 49.3 Å². The Kier molecular flexibility index (Phi) is 10.3. The number of carbonyl (C=O) groups excluding carboxylic acids is 2. The lowest BCUT2D eigenvalue weighted by Crippen LogP contribution is -2.60. The number of nitro benzene ring substituents is 1. The van der Waals surface area contributed by atoms with Crippen molar-refractivity contribution in [1.29, 1.82) is 0 Å². The lowest BCUT2D eigenvalue weighted by molar-refractivity contribution is -0.385. The number of amides is 2. The first-order valence-electron chi connectivity index (χ1n) is 16.8. The molecular formula is C33H41FN6O11Si. The van der Waals surface area contributed by atoms with Crippen LogP contribution in [0.5, 0.6) is 0 Å².